The predicted molar refractivity (Wildman–Crippen MR) is 103 cm³/mol. The summed E-state index contributed by atoms with van der Waals surface area (Å²) in [6.45, 7) is 4.67. The lowest BCUT2D eigenvalue weighted by Crippen LogP contribution is -2.57. The monoisotopic (exact) mass is 431 g/mol. The van der Waals surface area contributed by atoms with Crippen molar-refractivity contribution < 1.29 is 39.0 Å². The standard InChI is InChI=1S/C17H29N5O8/c1-4-7(2)13(17(29)30)22-14(26)8(3)20-16(28)10(6-11(19)23)21-15(27)9(18)5-12(24)25/h7-10,13H,4-6,18H2,1-3H3,(H2,19,23)(H,20,28)(H,21,27)(H,22,26)(H,24,25)(H,29,30). The predicted octanol–water partition coefficient (Wildman–Crippen LogP) is -2.73. The zero-order valence-electron chi connectivity index (χ0n) is 17.0. The van der Waals surface area contributed by atoms with Gasteiger partial charge in [-0.2, -0.15) is 0 Å². The molecule has 5 atom stereocenters. The Morgan fingerprint density at radius 3 is 1.87 bits per heavy atom. The summed E-state index contributed by atoms with van der Waals surface area (Å²) in [4.78, 5) is 69.8. The largest absolute Gasteiger partial charge is 0.481 e. The second-order valence-corrected chi connectivity index (χ2v) is 6.88. The minimum atomic E-state index is -1.50. The van der Waals surface area contributed by atoms with E-state index in [4.69, 9.17) is 16.6 Å². The van der Waals surface area contributed by atoms with Crippen LogP contribution >= 0.6 is 0 Å². The summed E-state index contributed by atoms with van der Waals surface area (Å²) in [6.07, 6.45) is -0.848. The molecule has 0 fully saturated rings. The van der Waals surface area contributed by atoms with Crippen LogP contribution in [0.2, 0.25) is 0 Å². The Balaban J connectivity index is 5.14. The van der Waals surface area contributed by atoms with E-state index >= 15 is 0 Å². The van der Waals surface area contributed by atoms with Gasteiger partial charge in [0, 0.05) is 0 Å². The van der Waals surface area contributed by atoms with E-state index in [-0.39, 0.29) is 5.92 Å². The van der Waals surface area contributed by atoms with Crippen molar-refractivity contribution >= 4 is 35.6 Å². The van der Waals surface area contributed by atoms with E-state index in [1.807, 2.05) is 0 Å². The number of carboxylic acids is 2. The third kappa shape index (κ3) is 9.32. The first kappa shape index (κ1) is 26.8. The minimum absolute atomic E-state index is 0.369. The van der Waals surface area contributed by atoms with Crippen LogP contribution < -0.4 is 27.4 Å². The molecule has 5 unspecified atom stereocenters. The number of aliphatic carboxylic acids is 2. The van der Waals surface area contributed by atoms with Gasteiger partial charge in [0.25, 0.3) is 0 Å². The molecule has 170 valence electrons. The molecule has 0 saturated heterocycles. The van der Waals surface area contributed by atoms with Gasteiger partial charge in [-0.25, -0.2) is 4.79 Å². The summed E-state index contributed by atoms with van der Waals surface area (Å²) in [6, 6.07) is -5.35. The van der Waals surface area contributed by atoms with Gasteiger partial charge in [-0.05, 0) is 12.8 Å². The van der Waals surface area contributed by atoms with E-state index in [0.29, 0.717) is 6.42 Å². The van der Waals surface area contributed by atoms with Gasteiger partial charge in [-0.15, -0.1) is 0 Å². The van der Waals surface area contributed by atoms with Gasteiger partial charge in [0.05, 0.1) is 18.9 Å². The summed E-state index contributed by atoms with van der Waals surface area (Å²) in [5, 5.41) is 24.6. The topological polar surface area (TPSA) is 231 Å². The molecule has 0 aliphatic heterocycles. The number of nitrogens with one attached hydrogen (secondary N) is 3. The minimum Gasteiger partial charge on any atom is -0.481 e. The number of carbonyl (C=O) groups is 6. The van der Waals surface area contributed by atoms with Crippen molar-refractivity contribution in [3.63, 3.8) is 0 Å². The fourth-order valence-electron chi connectivity index (χ4n) is 2.31. The van der Waals surface area contributed by atoms with Gasteiger partial charge >= 0.3 is 11.9 Å². The summed E-state index contributed by atoms with van der Waals surface area (Å²) in [5.74, 6) is -6.63. The molecule has 0 bridgehead atoms. The average Bonchev–Trinajstić information content (AvgIpc) is 2.63. The van der Waals surface area contributed by atoms with Crippen LogP contribution in [0.3, 0.4) is 0 Å². The van der Waals surface area contributed by atoms with Crippen LogP contribution in [-0.4, -0.2) is 69.9 Å². The Bertz CT molecular complexity index is 683. The molecular weight excluding hydrogens is 402 g/mol. The van der Waals surface area contributed by atoms with Crippen LogP contribution in [0.4, 0.5) is 0 Å². The lowest BCUT2D eigenvalue weighted by atomic mass is 9.99. The molecule has 0 saturated carbocycles. The molecule has 0 aromatic rings. The fraction of sp³-hybridized carbons (Fsp3) is 0.647. The smallest absolute Gasteiger partial charge is 0.326 e. The quantitative estimate of drug-likeness (QED) is 0.160. The normalized spacial score (nSPS) is 15.6. The molecule has 0 aliphatic rings. The SMILES string of the molecule is CCC(C)C(NC(=O)C(C)NC(=O)C(CC(N)=O)NC(=O)C(N)CC(=O)O)C(=O)O. The van der Waals surface area contributed by atoms with E-state index in [2.05, 4.69) is 16.0 Å². The first-order valence-corrected chi connectivity index (χ1v) is 9.19. The average molecular weight is 431 g/mol. The van der Waals surface area contributed by atoms with Crippen LogP contribution in [0, 0.1) is 5.92 Å². The van der Waals surface area contributed by atoms with Gasteiger partial charge in [-0.3, -0.25) is 24.0 Å². The van der Waals surface area contributed by atoms with E-state index < -0.39 is 72.6 Å². The molecule has 0 aromatic carbocycles. The Morgan fingerprint density at radius 2 is 1.43 bits per heavy atom. The third-order valence-corrected chi connectivity index (χ3v) is 4.30. The van der Waals surface area contributed by atoms with E-state index in [9.17, 15) is 33.9 Å². The van der Waals surface area contributed by atoms with Crippen molar-refractivity contribution in [2.75, 3.05) is 0 Å². The molecule has 30 heavy (non-hydrogen) atoms. The summed E-state index contributed by atoms with van der Waals surface area (Å²) in [5.41, 5.74) is 10.5. The van der Waals surface area contributed by atoms with Gasteiger partial charge in [0.2, 0.25) is 23.6 Å². The number of hydrogen-bond donors (Lipinski definition) is 7. The number of carbonyl (C=O) groups excluding carboxylic acids is 4. The molecule has 4 amide bonds. The van der Waals surface area contributed by atoms with Gasteiger partial charge in [-0.1, -0.05) is 20.3 Å². The Hall–Kier alpha value is -3.22. The van der Waals surface area contributed by atoms with Crippen molar-refractivity contribution in [1.82, 2.24) is 16.0 Å². The Labute approximate surface area is 172 Å². The van der Waals surface area contributed by atoms with Gasteiger partial charge in [0.1, 0.15) is 18.1 Å². The number of rotatable bonds is 13. The van der Waals surface area contributed by atoms with Crippen molar-refractivity contribution in [1.29, 1.82) is 0 Å². The van der Waals surface area contributed by atoms with Crippen molar-refractivity contribution in [3.05, 3.63) is 0 Å². The van der Waals surface area contributed by atoms with E-state index in [1.165, 1.54) is 6.92 Å². The Kier molecular flexibility index (Phi) is 11.0. The van der Waals surface area contributed by atoms with Crippen LogP contribution in [0.5, 0.6) is 0 Å². The molecule has 0 rings (SSSR count). The number of amides is 4. The fourth-order valence-corrected chi connectivity index (χ4v) is 2.31. The highest BCUT2D eigenvalue weighted by molar-refractivity contribution is 5.96. The second kappa shape index (κ2) is 12.4. The maximum Gasteiger partial charge on any atom is 0.326 e. The van der Waals surface area contributed by atoms with Crippen LogP contribution in [0.15, 0.2) is 0 Å². The maximum atomic E-state index is 12.4. The van der Waals surface area contributed by atoms with Gasteiger partial charge < -0.3 is 37.6 Å². The molecule has 0 aromatic heterocycles. The first-order valence-electron chi connectivity index (χ1n) is 9.19. The van der Waals surface area contributed by atoms with E-state index in [0.717, 1.165) is 0 Å². The summed E-state index contributed by atoms with van der Waals surface area (Å²) < 4.78 is 0. The van der Waals surface area contributed by atoms with Crippen LogP contribution in [0.1, 0.15) is 40.0 Å². The third-order valence-electron chi connectivity index (χ3n) is 4.30. The lowest BCUT2D eigenvalue weighted by molar-refractivity contribution is -0.143. The number of hydrogen-bond acceptors (Lipinski definition) is 7. The molecule has 9 N–H and O–H groups in total. The van der Waals surface area contributed by atoms with Crippen molar-refractivity contribution in [3.8, 4) is 0 Å². The van der Waals surface area contributed by atoms with Crippen molar-refractivity contribution in [2.45, 2.75) is 64.2 Å². The second-order valence-electron chi connectivity index (χ2n) is 6.88. The summed E-state index contributed by atoms with van der Waals surface area (Å²) >= 11 is 0. The molecule has 13 nitrogen and oxygen atoms in total. The van der Waals surface area contributed by atoms with E-state index in [1.54, 1.807) is 13.8 Å². The molecule has 0 aliphatic carbocycles. The molecule has 0 heterocycles. The number of carboxylic acid groups (broad SMARTS) is 2. The molecule has 0 radical (unpaired) electrons. The lowest BCUT2D eigenvalue weighted by Gasteiger charge is -2.24. The Morgan fingerprint density at radius 1 is 0.867 bits per heavy atom. The number of primary amides is 1. The van der Waals surface area contributed by atoms with Crippen LogP contribution in [-0.2, 0) is 28.8 Å². The zero-order chi connectivity index (χ0) is 23.6. The van der Waals surface area contributed by atoms with Crippen LogP contribution in [0.25, 0.3) is 0 Å². The number of nitrogens with two attached hydrogens (primary N) is 2. The van der Waals surface area contributed by atoms with Crippen molar-refractivity contribution in [2.24, 2.45) is 17.4 Å². The van der Waals surface area contributed by atoms with Gasteiger partial charge in [0.15, 0.2) is 0 Å². The highest BCUT2D eigenvalue weighted by Crippen LogP contribution is 2.08. The highest BCUT2D eigenvalue weighted by atomic mass is 16.4. The molecular formula is C17H29N5O8. The highest BCUT2D eigenvalue weighted by Gasteiger charge is 2.31. The first-order chi connectivity index (χ1) is 13.8. The molecule has 13 heteroatoms. The molecule has 0 spiro atoms. The zero-order valence-corrected chi connectivity index (χ0v) is 17.0. The summed E-state index contributed by atoms with van der Waals surface area (Å²) in [7, 11) is 0. The maximum absolute atomic E-state index is 12.4.